The molecule has 6 heteroatoms. The van der Waals surface area contributed by atoms with Gasteiger partial charge in [0.1, 0.15) is 5.82 Å². The van der Waals surface area contributed by atoms with Gasteiger partial charge in [-0.2, -0.15) is 5.10 Å². The maximum Gasteiger partial charge on any atom is 0.123 e. The van der Waals surface area contributed by atoms with E-state index in [2.05, 4.69) is 20.0 Å². The van der Waals surface area contributed by atoms with Crippen LogP contribution in [0.1, 0.15) is 17.2 Å². The average Bonchev–Trinajstić information content (AvgIpc) is 2.81. The maximum atomic E-state index is 6.23. The van der Waals surface area contributed by atoms with Gasteiger partial charge in [0.05, 0.1) is 29.5 Å². The van der Waals surface area contributed by atoms with Crippen molar-refractivity contribution in [2.24, 2.45) is 7.05 Å². The quantitative estimate of drug-likeness (QED) is 0.895. The molecule has 0 fully saturated rings. The van der Waals surface area contributed by atoms with E-state index in [1.807, 2.05) is 31.9 Å². The summed E-state index contributed by atoms with van der Waals surface area (Å²) in [5.74, 6) is 0.988. The SMILES string of the molecule is CNCc1nccn1Cc1c(Cl)c(C)nn1C. The molecule has 0 unspecified atom stereocenters. The summed E-state index contributed by atoms with van der Waals surface area (Å²) in [5.41, 5.74) is 1.86. The highest BCUT2D eigenvalue weighted by Crippen LogP contribution is 2.20. The van der Waals surface area contributed by atoms with Gasteiger partial charge in [-0.05, 0) is 14.0 Å². The van der Waals surface area contributed by atoms with E-state index in [1.165, 1.54) is 0 Å². The van der Waals surface area contributed by atoms with E-state index < -0.39 is 0 Å². The van der Waals surface area contributed by atoms with Gasteiger partial charge in [0.15, 0.2) is 0 Å². The molecule has 2 aromatic heterocycles. The Balaban J connectivity index is 2.28. The van der Waals surface area contributed by atoms with Crippen LogP contribution in [0.2, 0.25) is 5.02 Å². The molecule has 0 spiro atoms. The molecule has 0 atom stereocenters. The molecule has 0 aliphatic rings. The van der Waals surface area contributed by atoms with Crippen LogP contribution in [0, 0.1) is 6.92 Å². The van der Waals surface area contributed by atoms with E-state index in [-0.39, 0.29) is 0 Å². The molecule has 0 radical (unpaired) electrons. The summed E-state index contributed by atoms with van der Waals surface area (Å²) in [7, 11) is 3.81. The van der Waals surface area contributed by atoms with Gasteiger partial charge in [0, 0.05) is 19.4 Å². The molecule has 92 valence electrons. The van der Waals surface area contributed by atoms with Gasteiger partial charge in [0.2, 0.25) is 0 Å². The van der Waals surface area contributed by atoms with Gasteiger partial charge in [-0.15, -0.1) is 0 Å². The number of nitrogens with zero attached hydrogens (tertiary/aromatic N) is 4. The minimum Gasteiger partial charge on any atom is -0.328 e. The monoisotopic (exact) mass is 253 g/mol. The third-order valence-electron chi connectivity index (χ3n) is 2.72. The molecule has 0 aromatic carbocycles. The first-order valence-electron chi connectivity index (χ1n) is 5.46. The Hall–Kier alpha value is -1.33. The van der Waals surface area contributed by atoms with Crippen LogP contribution < -0.4 is 5.32 Å². The lowest BCUT2D eigenvalue weighted by Gasteiger charge is -2.08. The fourth-order valence-corrected chi connectivity index (χ4v) is 2.04. The fraction of sp³-hybridized carbons (Fsp3) is 0.455. The zero-order chi connectivity index (χ0) is 12.4. The number of hydrogen-bond donors (Lipinski definition) is 1. The van der Waals surface area contributed by atoms with Crippen LogP contribution in [0.4, 0.5) is 0 Å². The molecule has 0 aliphatic carbocycles. The summed E-state index contributed by atoms with van der Waals surface area (Å²) >= 11 is 6.23. The van der Waals surface area contributed by atoms with Crippen molar-refractivity contribution in [3.8, 4) is 0 Å². The van der Waals surface area contributed by atoms with Crippen LogP contribution in [0.15, 0.2) is 12.4 Å². The van der Waals surface area contributed by atoms with E-state index in [4.69, 9.17) is 11.6 Å². The van der Waals surface area contributed by atoms with Crippen LogP contribution in [-0.2, 0) is 20.1 Å². The Morgan fingerprint density at radius 2 is 2.24 bits per heavy atom. The van der Waals surface area contributed by atoms with Gasteiger partial charge in [0.25, 0.3) is 0 Å². The molecule has 2 rings (SSSR count). The first-order valence-corrected chi connectivity index (χ1v) is 5.84. The minimum absolute atomic E-state index is 0.688. The molecule has 0 saturated heterocycles. The highest BCUT2D eigenvalue weighted by atomic mass is 35.5. The number of halogens is 1. The third kappa shape index (κ3) is 2.35. The lowest BCUT2D eigenvalue weighted by Crippen LogP contribution is -2.14. The fourth-order valence-electron chi connectivity index (χ4n) is 1.82. The van der Waals surface area contributed by atoms with Crippen LogP contribution in [0.25, 0.3) is 0 Å². The largest absolute Gasteiger partial charge is 0.328 e. The van der Waals surface area contributed by atoms with Gasteiger partial charge in [-0.1, -0.05) is 11.6 Å². The van der Waals surface area contributed by atoms with Crippen molar-refractivity contribution in [1.29, 1.82) is 0 Å². The molecule has 17 heavy (non-hydrogen) atoms. The highest BCUT2D eigenvalue weighted by Gasteiger charge is 2.12. The summed E-state index contributed by atoms with van der Waals surface area (Å²) in [6.45, 7) is 3.34. The second kappa shape index (κ2) is 4.89. The summed E-state index contributed by atoms with van der Waals surface area (Å²) in [4.78, 5) is 4.30. The van der Waals surface area contributed by atoms with Crippen molar-refractivity contribution in [2.75, 3.05) is 7.05 Å². The van der Waals surface area contributed by atoms with Crippen molar-refractivity contribution in [2.45, 2.75) is 20.0 Å². The summed E-state index contributed by atoms with van der Waals surface area (Å²) < 4.78 is 3.89. The van der Waals surface area contributed by atoms with Gasteiger partial charge < -0.3 is 9.88 Å². The highest BCUT2D eigenvalue weighted by molar-refractivity contribution is 6.31. The zero-order valence-corrected chi connectivity index (χ0v) is 11.0. The van der Waals surface area contributed by atoms with Gasteiger partial charge in [-0.3, -0.25) is 4.68 Å². The Kier molecular flexibility index (Phi) is 3.49. The van der Waals surface area contributed by atoms with Crippen molar-refractivity contribution in [3.05, 3.63) is 34.6 Å². The van der Waals surface area contributed by atoms with Crippen LogP contribution in [0.5, 0.6) is 0 Å². The Labute approximate surface area is 105 Å². The zero-order valence-electron chi connectivity index (χ0n) is 10.2. The molecule has 0 amide bonds. The second-order valence-corrected chi connectivity index (χ2v) is 4.35. The van der Waals surface area contributed by atoms with E-state index in [1.54, 1.807) is 6.20 Å². The van der Waals surface area contributed by atoms with Gasteiger partial charge >= 0.3 is 0 Å². The molecule has 5 nitrogen and oxygen atoms in total. The Morgan fingerprint density at radius 3 is 2.82 bits per heavy atom. The summed E-state index contributed by atoms with van der Waals surface area (Å²) in [5, 5.41) is 8.13. The van der Waals surface area contributed by atoms with Crippen LogP contribution in [-0.4, -0.2) is 26.4 Å². The van der Waals surface area contributed by atoms with E-state index in [9.17, 15) is 0 Å². The number of imidazole rings is 1. The molecule has 1 N–H and O–H groups in total. The lowest BCUT2D eigenvalue weighted by molar-refractivity contribution is 0.625. The second-order valence-electron chi connectivity index (χ2n) is 3.97. The van der Waals surface area contributed by atoms with Crippen molar-refractivity contribution < 1.29 is 0 Å². The molecule has 0 bridgehead atoms. The maximum absolute atomic E-state index is 6.23. The van der Waals surface area contributed by atoms with E-state index in [0.29, 0.717) is 6.54 Å². The average molecular weight is 254 g/mol. The first-order chi connectivity index (χ1) is 8.13. The van der Waals surface area contributed by atoms with Crippen molar-refractivity contribution in [1.82, 2.24) is 24.6 Å². The molecule has 0 saturated carbocycles. The molecule has 2 heterocycles. The van der Waals surface area contributed by atoms with E-state index >= 15 is 0 Å². The predicted octanol–water partition coefficient (Wildman–Crippen LogP) is 1.35. The molecular formula is C11H16ClN5. The smallest absolute Gasteiger partial charge is 0.123 e. The minimum atomic E-state index is 0.688. The Bertz CT molecular complexity index is 514. The standard InChI is InChI=1S/C11H16ClN5/c1-8-11(12)9(16(3)15-8)7-17-5-4-14-10(17)6-13-2/h4-5,13H,6-7H2,1-3H3. The molecular weight excluding hydrogens is 238 g/mol. The number of rotatable bonds is 4. The van der Waals surface area contributed by atoms with Crippen LogP contribution in [0.3, 0.4) is 0 Å². The van der Waals surface area contributed by atoms with Gasteiger partial charge in [-0.25, -0.2) is 4.98 Å². The van der Waals surface area contributed by atoms with E-state index in [0.717, 1.165) is 28.8 Å². The summed E-state index contributed by atoms with van der Waals surface area (Å²) in [6, 6.07) is 0. The van der Waals surface area contributed by atoms with Crippen LogP contribution >= 0.6 is 11.6 Å². The third-order valence-corrected chi connectivity index (χ3v) is 3.21. The normalized spacial score (nSPS) is 11.1. The number of hydrogen-bond acceptors (Lipinski definition) is 3. The first kappa shape index (κ1) is 12.1. The van der Waals surface area contributed by atoms with Crippen molar-refractivity contribution in [3.63, 3.8) is 0 Å². The number of aromatic nitrogens is 4. The topological polar surface area (TPSA) is 47.7 Å². The lowest BCUT2D eigenvalue weighted by atomic mass is 10.3. The molecule has 0 aliphatic heterocycles. The predicted molar refractivity (Wildman–Crippen MR) is 67.0 cm³/mol. The number of nitrogens with one attached hydrogen (secondary N) is 1. The van der Waals surface area contributed by atoms with Crippen molar-refractivity contribution >= 4 is 11.6 Å². The molecule has 2 aromatic rings. The Morgan fingerprint density at radius 1 is 1.47 bits per heavy atom. The summed E-state index contributed by atoms with van der Waals surface area (Å²) in [6.07, 6.45) is 3.75. The number of aryl methyl sites for hydroxylation is 2.